The Hall–Kier alpha value is -1.84. The summed E-state index contributed by atoms with van der Waals surface area (Å²) in [6.45, 7) is 4.70. The van der Waals surface area contributed by atoms with Crippen LogP contribution in [0.25, 0.3) is 0 Å². The zero-order valence-corrected chi connectivity index (χ0v) is 12.6. The second kappa shape index (κ2) is 5.17. The Bertz CT molecular complexity index is 551. The molecule has 1 aliphatic carbocycles. The van der Waals surface area contributed by atoms with Crippen LogP contribution in [-0.2, 0) is 9.59 Å². The van der Waals surface area contributed by atoms with Gasteiger partial charge in [-0.15, -0.1) is 0 Å². The zero-order chi connectivity index (χ0) is 15.0. The van der Waals surface area contributed by atoms with E-state index in [-0.39, 0.29) is 23.3 Å². The van der Waals surface area contributed by atoms with E-state index in [4.69, 9.17) is 0 Å². The first-order valence-corrected chi connectivity index (χ1v) is 7.72. The van der Waals surface area contributed by atoms with Crippen molar-refractivity contribution < 1.29 is 9.59 Å². The van der Waals surface area contributed by atoms with Crippen LogP contribution >= 0.6 is 0 Å². The maximum Gasteiger partial charge on any atom is 0.250 e. The van der Waals surface area contributed by atoms with Gasteiger partial charge in [0.05, 0.1) is 0 Å². The van der Waals surface area contributed by atoms with E-state index in [0.29, 0.717) is 6.54 Å². The van der Waals surface area contributed by atoms with Crippen LogP contribution in [0.4, 0.5) is 0 Å². The number of nitrogens with zero attached hydrogens (tertiary/aromatic N) is 1. The lowest BCUT2D eigenvalue weighted by molar-refractivity contribution is -0.149. The number of hydrogen-bond donors (Lipinski definition) is 1. The average Bonchev–Trinajstić information content (AvgIpc) is 3.29. The number of rotatable bonds is 4. The molecular formula is C17H22N2O2. The lowest BCUT2D eigenvalue weighted by Gasteiger charge is -2.39. The lowest BCUT2D eigenvalue weighted by atomic mass is 9.97. The van der Waals surface area contributed by atoms with Gasteiger partial charge in [0.15, 0.2) is 0 Å². The number of hydrogen-bond acceptors (Lipinski definition) is 2. The maximum atomic E-state index is 12.8. The number of carbonyl (C=O) groups excluding carboxylic acids is 2. The van der Waals surface area contributed by atoms with Crippen LogP contribution in [0.5, 0.6) is 0 Å². The van der Waals surface area contributed by atoms with Crippen molar-refractivity contribution in [2.24, 2.45) is 5.41 Å². The summed E-state index contributed by atoms with van der Waals surface area (Å²) in [6.07, 6.45) is 3.40. The fourth-order valence-corrected chi connectivity index (χ4v) is 3.07. The molecule has 2 atom stereocenters. The van der Waals surface area contributed by atoms with E-state index in [2.05, 4.69) is 12.2 Å². The first-order valence-electron chi connectivity index (χ1n) is 7.72. The van der Waals surface area contributed by atoms with Crippen LogP contribution in [0.15, 0.2) is 30.3 Å². The van der Waals surface area contributed by atoms with E-state index in [1.807, 2.05) is 37.3 Å². The maximum absolute atomic E-state index is 12.8. The van der Waals surface area contributed by atoms with Crippen LogP contribution in [0.3, 0.4) is 0 Å². The molecular weight excluding hydrogens is 264 g/mol. The Labute approximate surface area is 125 Å². The Morgan fingerprint density at radius 1 is 1.24 bits per heavy atom. The Morgan fingerprint density at radius 3 is 2.48 bits per heavy atom. The molecule has 2 aliphatic rings. The molecule has 3 rings (SSSR count). The summed E-state index contributed by atoms with van der Waals surface area (Å²) >= 11 is 0. The highest BCUT2D eigenvalue weighted by molar-refractivity contribution is 5.97. The van der Waals surface area contributed by atoms with Crippen LogP contribution in [0.2, 0.25) is 0 Å². The summed E-state index contributed by atoms with van der Waals surface area (Å²) in [5, 5.41) is 2.86. The molecule has 1 aliphatic heterocycles. The number of carbonyl (C=O) groups is 2. The first-order chi connectivity index (χ1) is 10.1. The molecule has 4 heteroatoms. The SMILES string of the molecule is CCC1(CN2C(=O)C(c3ccccc3)NC(=O)C2C)CC1. The van der Waals surface area contributed by atoms with Gasteiger partial charge in [-0.2, -0.15) is 0 Å². The average molecular weight is 286 g/mol. The third kappa shape index (κ3) is 2.55. The molecule has 1 N–H and O–H groups in total. The van der Waals surface area contributed by atoms with Crippen molar-refractivity contribution in [1.29, 1.82) is 0 Å². The zero-order valence-electron chi connectivity index (χ0n) is 12.6. The molecule has 2 fully saturated rings. The number of amides is 2. The highest BCUT2D eigenvalue weighted by atomic mass is 16.2. The van der Waals surface area contributed by atoms with E-state index < -0.39 is 6.04 Å². The van der Waals surface area contributed by atoms with Crippen LogP contribution < -0.4 is 5.32 Å². The molecule has 2 amide bonds. The molecule has 0 spiro atoms. The van der Waals surface area contributed by atoms with Gasteiger partial charge in [-0.25, -0.2) is 0 Å². The normalized spacial score (nSPS) is 27.4. The van der Waals surface area contributed by atoms with Gasteiger partial charge in [-0.1, -0.05) is 37.3 Å². The van der Waals surface area contributed by atoms with Gasteiger partial charge in [-0.3, -0.25) is 9.59 Å². The predicted molar refractivity (Wildman–Crippen MR) is 80.5 cm³/mol. The number of benzene rings is 1. The third-order valence-electron chi connectivity index (χ3n) is 5.01. The molecule has 21 heavy (non-hydrogen) atoms. The summed E-state index contributed by atoms with van der Waals surface area (Å²) in [4.78, 5) is 26.8. The van der Waals surface area contributed by atoms with Crippen LogP contribution in [0, 0.1) is 5.41 Å². The minimum Gasteiger partial charge on any atom is -0.339 e. The van der Waals surface area contributed by atoms with Crippen LogP contribution in [0.1, 0.15) is 44.7 Å². The largest absolute Gasteiger partial charge is 0.339 e. The minimum absolute atomic E-state index is 0.0213. The van der Waals surface area contributed by atoms with Crippen LogP contribution in [-0.4, -0.2) is 29.3 Å². The van der Waals surface area contributed by atoms with E-state index in [1.165, 1.54) is 0 Å². The topological polar surface area (TPSA) is 49.4 Å². The molecule has 2 unspecified atom stereocenters. The standard InChI is InChI=1S/C17H22N2O2/c1-3-17(9-10-17)11-19-12(2)15(20)18-14(16(19)21)13-7-5-4-6-8-13/h4-8,12,14H,3,9-11H2,1-2H3,(H,18,20). The summed E-state index contributed by atoms with van der Waals surface area (Å²) in [6, 6.07) is 8.57. The van der Waals surface area contributed by atoms with E-state index in [9.17, 15) is 9.59 Å². The highest BCUT2D eigenvalue weighted by Gasteiger charge is 2.47. The molecule has 4 nitrogen and oxygen atoms in total. The summed E-state index contributed by atoms with van der Waals surface area (Å²) in [7, 11) is 0. The van der Waals surface area contributed by atoms with Crippen molar-refractivity contribution in [2.45, 2.75) is 45.2 Å². The summed E-state index contributed by atoms with van der Waals surface area (Å²) in [5.41, 5.74) is 1.11. The van der Waals surface area contributed by atoms with Crippen molar-refractivity contribution in [3.63, 3.8) is 0 Å². The Morgan fingerprint density at radius 2 is 1.90 bits per heavy atom. The smallest absolute Gasteiger partial charge is 0.250 e. The molecule has 1 aromatic carbocycles. The Balaban J connectivity index is 1.85. The van der Waals surface area contributed by atoms with Crippen molar-refractivity contribution >= 4 is 11.8 Å². The fourth-order valence-electron chi connectivity index (χ4n) is 3.07. The first kappa shape index (κ1) is 14.1. The van der Waals surface area contributed by atoms with Gasteiger partial charge >= 0.3 is 0 Å². The van der Waals surface area contributed by atoms with Gasteiger partial charge in [-0.05, 0) is 37.2 Å². The molecule has 1 saturated heterocycles. The Kier molecular flexibility index (Phi) is 3.47. The van der Waals surface area contributed by atoms with Gasteiger partial charge < -0.3 is 10.2 Å². The molecule has 1 aromatic rings. The second-order valence-electron chi connectivity index (χ2n) is 6.35. The van der Waals surface area contributed by atoms with Crippen molar-refractivity contribution in [3.05, 3.63) is 35.9 Å². The van der Waals surface area contributed by atoms with E-state index in [1.54, 1.807) is 4.90 Å². The summed E-state index contributed by atoms with van der Waals surface area (Å²) in [5.74, 6) is -0.0385. The van der Waals surface area contributed by atoms with Gasteiger partial charge in [0.25, 0.3) is 0 Å². The second-order valence-corrected chi connectivity index (χ2v) is 6.35. The van der Waals surface area contributed by atoms with Gasteiger partial charge in [0.1, 0.15) is 12.1 Å². The lowest BCUT2D eigenvalue weighted by Crippen LogP contribution is -2.59. The predicted octanol–water partition coefficient (Wildman–Crippen LogP) is 2.26. The number of piperazine rings is 1. The minimum atomic E-state index is -0.539. The van der Waals surface area contributed by atoms with E-state index in [0.717, 1.165) is 24.8 Å². The van der Waals surface area contributed by atoms with Crippen molar-refractivity contribution in [3.8, 4) is 0 Å². The molecule has 0 aromatic heterocycles. The monoisotopic (exact) mass is 286 g/mol. The molecule has 1 heterocycles. The molecule has 0 radical (unpaired) electrons. The third-order valence-corrected chi connectivity index (χ3v) is 5.01. The fraction of sp³-hybridized carbons (Fsp3) is 0.529. The van der Waals surface area contributed by atoms with Gasteiger partial charge in [0.2, 0.25) is 11.8 Å². The quantitative estimate of drug-likeness (QED) is 0.923. The van der Waals surface area contributed by atoms with Crippen molar-refractivity contribution in [1.82, 2.24) is 10.2 Å². The molecule has 1 saturated carbocycles. The van der Waals surface area contributed by atoms with Gasteiger partial charge in [0, 0.05) is 6.54 Å². The van der Waals surface area contributed by atoms with Crippen molar-refractivity contribution in [2.75, 3.05) is 6.54 Å². The molecule has 112 valence electrons. The summed E-state index contributed by atoms with van der Waals surface area (Å²) < 4.78 is 0. The number of nitrogens with one attached hydrogen (secondary N) is 1. The molecule has 0 bridgehead atoms. The van der Waals surface area contributed by atoms with E-state index >= 15 is 0 Å². The highest BCUT2D eigenvalue weighted by Crippen LogP contribution is 2.49.